The maximum atomic E-state index is 12.6. The van der Waals surface area contributed by atoms with Crippen LogP contribution in [0.1, 0.15) is 36.2 Å². The van der Waals surface area contributed by atoms with Crippen molar-refractivity contribution in [1.82, 2.24) is 10.2 Å². The van der Waals surface area contributed by atoms with Crippen LogP contribution in [0.5, 0.6) is 0 Å². The van der Waals surface area contributed by atoms with Crippen LogP contribution >= 0.6 is 0 Å². The molecule has 142 valence electrons. The van der Waals surface area contributed by atoms with Crippen molar-refractivity contribution in [3.63, 3.8) is 0 Å². The average Bonchev–Trinajstić information content (AvgIpc) is 3.04. The number of benzene rings is 1. The zero-order chi connectivity index (χ0) is 18.0. The molecule has 2 aromatic rings. The Balaban J connectivity index is 1.14. The fourth-order valence-corrected chi connectivity index (χ4v) is 5.76. The molecule has 3 saturated heterocycles. The van der Waals surface area contributed by atoms with Crippen molar-refractivity contribution >= 4 is 16.9 Å². The predicted octanol–water partition coefficient (Wildman–Crippen LogP) is 3.05. The van der Waals surface area contributed by atoms with Crippen molar-refractivity contribution in [3.8, 4) is 0 Å². The molecule has 1 spiro atoms. The lowest BCUT2D eigenvalue weighted by Crippen LogP contribution is -2.41. The molecule has 1 saturated carbocycles. The Kier molecular flexibility index (Phi) is 3.48. The van der Waals surface area contributed by atoms with Gasteiger partial charge in [0, 0.05) is 43.4 Å². The number of likely N-dealkylation sites (tertiary alicyclic amines) is 1. The molecular weight excluding hydrogens is 340 g/mol. The number of amides is 1. The summed E-state index contributed by atoms with van der Waals surface area (Å²) in [5, 5.41) is 4.10. The number of hydrogen-bond acceptors (Lipinski definition) is 4. The Morgan fingerprint density at radius 1 is 1.26 bits per heavy atom. The Morgan fingerprint density at radius 2 is 2.15 bits per heavy atom. The van der Waals surface area contributed by atoms with Gasteiger partial charge in [0.05, 0.1) is 11.7 Å². The number of hydrogen-bond donors (Lipinski definition) is 1. The highest BCUT2D eigenvalue weighted by molar-refractivity contribution is 5.96. The lowest BCUT2D eigenvalue weighted by molar-refractivity contribution is 0.00244. The second-order valence-corrected chi connectivity index (χ2v) is 9.03. The minimum Gasteiger partial charge on any atom is -0.451 e. The van der Waals surface area contributed by atoms with E-state index >= 15 is 0 Å². The van der Waals surface area contributed by atoms with Crippen LogP contribution in [0.15, 0.2) is 34.7 Å². The molecular formula is C22H26N2O3. The first-order chi connectivity index (χ1) is 13.2. The molecule has 4 fully saturated rings. The molecule has 1 aromatic heterocycles. The maximum Gasteiger partial charge on any atom is 0.287 e. The lowest BCUT2D eigenvalue weighted by Gasteiger charge is -2.29. The van der Waals surface area contributed by atoms with Crippen molar-refractivity contribution in [2.45, 2.75) is 37.4 Å². The number of furan rings is 1. The van der Waals surface area contributed by atoms with Gasteiger partial charge in [-0.25, -0.2) is 0 Å². The fraction of sp³-hybridized carbons (Fsp3) is 0.591. The summed E-state index contributed by atoms with van der Waals surface area (Å²) in [5.74, 6) is 2.19. The van der Waals surface area contributed by atoms with Gasteiger partial charge in [0.1, 0.15) is 5.58 Å². The summed E-state index contributed by atoms with van der Waals surface area (Å²) >= 11 is 0. The first-order valence-electron chi connectivity index (χ1n) is 10.4. The molecule has 0 radical (unpaired) electrons. The van der Waals surface area contributed by atoms with Crippen LogP contribution in [0, 0.1) is 17.8 Å². The Labute approximate surface area is 159 Å². The molecule has 4 atom stereocenters. The standard InChI is InChI=1S/C22H26N2O3/c25-21(20-9-15-3-1-2-4-18(15)26-20)23-10-16-17-12-24(11-14-5-6-14)13-22(17)8-7-19(16)27-22/h1-4,9,14,16-17,19H,5-8,10-13H2,(H,23,25)/t16-,17+,19+,22+/m0/s1. The summed E-state index contributed by atoms with van der Waals surface area (Å²) in [6, 6.07) is 9.57. The first-order valence-corrected chi connectivity index (χ1v) is 10.4. The number of ether oxygens (including phenoxy) is 1. The number of nitrogens with zero attached hydrogens (tertiary/aromatic N) is 1. The van der Waals surface area contributed by atoms with Gasteiger partial charge < -0.3 is 14.5 Å². The molecule has 6 rings (SSSR count). The number of nitrogens with one attached hydrogen (secondary N) is 1. The highest BCUT2D eigenvalue weighted by Crippen LogP contribution is 2.55. The van der Waals surface area contributed by atoms with Crippen LogP contribution in [0.2, 0.25) is 0 Å². The van der Waals surface area contributed by atoms with Crippen molar-refractivity contribution in [2.75, 3.05) is 26.2 Å². The zero-order valence-corrected chi connectivity index (χ0v) is 15.5. The monoisotopic (exact) mass is 366 g/mol. The molecule has 4 aliphatic rings. The predicted molar refractivity (Wildman–Crippen MR) is 102 cm³/mol. The highest BCUT2D eigenvalue weighted by Gasteiger charge is 2.62. The third kappa shape index (κ3) is 2.63. The Hall–Kier alpha value is -1.85. The van der Waals surface area contributed by atoms with Gasteiger partial charge in [-0.15, -0.1) is 0 Å². The van der Waals surface area contributed by atoms with Gasteiger partial charge >= 0.3 is 0 Å². The minimum absolute atomic E-state index is 0.0638. The van der Waals surface area contributed by atoms with Gasteiger partial charge in [0.25, 0.3) is 5.91 Å². The number of rotatable bonds is 5. The van der Waals surface area contributed by atoms with E-state index in [0.717, 1.165) is 36.4 Å². The zero-order valence-electron chi connectivity index (χ0n) is 15.5. The van der Waals surface area contributed by atoms with Gasteiger partial charge in [-0.2, -0.15) is 0 Å². The van der Waals surface area contributed by atoms with E-state index in [2.05, 4.69) is 10.2 Å². The van der Waals surface area contributed by atoms with E-state index in [0.29, 0.717) is 30.2 Å². The van der Waals surface area contributed by atoms with E-state index in [1.807, 2.05) is 30.3 Å². The van der Waals surface area contributed by atoms with E-state index in [1.54, 1.807) is 0 Å². The molecule has 5 nitrogen and oxygen atoms in total. The van der Waals surface area contributed by atoms with Gasteiger partial charge in [-0.3, -0.25) is 9.69 Å². The molecule has 4 heterocycles. The third-order valence-electron chi connectivity index (χ3n) is 7.22. The van der Waals surface area contributed by atoms with Gasteiger partial charge in [0.2, 0.25) is 0 Å². The molecule has 1 amide bonds. The van der Waals surface area contributed by atoms with E-state index in [4.69, 9.17) is 9.15 Å². The molecule has 27 heavy (non-hydrogen) atoms. The highest BCUT2D eigenvalue weighted by atomic mass is 16.5. The average molecular weight is 366 g/mol. The number of carbonyl (C=O) groups excluding carboxylic acids is 1. The van der Waals surface area contributed by atoms with Crippen LogP contribution < -0.4 is 5.32 Å². The lowest BCUT2D eigenvalue weighted by atomic mass is 9.73. The maximum absolute atomic E-state index is 12.6. The molecule has 2 bridgehead atoms. The normalized spacial score (nSPS) is 35.0. The number of fused-ring (bicyclic) bond motifs is 2. The topological polar surface area (TPSA) is 54.7 Å². The van der Waals surface area contributed by atoms with E-state index < -0.39 is 0 Å². The molecule has 3 aliphatic heterocycles. The third-order valence-corrected chi connectivity index (χ3v) is 7.22. The second-order valence-electron chi connectivity index (χ2n) is 9.03. The Morgan fingerprint density at radius 3 is 3.00 bits per heavy atom. The molecule has 1 N–H and O–H groups in total. The van der Waals surface area contributed by atoms with Crippen LogP contribution in [-0.2, 0) is 4.74 Å². The largest absolute Gasteiger partial charge is 0.451 e. The van der Waals surface area contributed by atoms with E-state index in [-0.39, 0.29) is 11.5 Å². The summed E-state index contributed by atoms with van der Waals surface area (Å²) in [6.07, 6.45) is 5.44. The smallest absolute Gasteiger partial charge is 0.287 e. The fourth-order valence-electron chi connectivity index (χ4n) is 5.76. The Bertz CT molecular complexity index is 856. The molecule has 1 aliphatic carbocycles. The van der Waals surface area contributed by atoms with Crippen LogP contribution in [0.3, 0.4) is 0 Å². The van der Waals surface area contributed by atoms with Crippen molar-refractivity contribution in [1.29, 1.82) is 0 Å². The summed E-state index contributed by atoms with van der Waals surface area (Å²) < 4.78 is 12.2. The SMILES string of the molecule is O=C(NC[C@H]1[C@H]2CN(CC3CC3)C[C@]23CC[C@H]1O3)c1cc2ccccc2o1. The van der Waals surface area contributed by atoms with Crippen LogP contribution in [0.4, 0.5) is 0 Å². The summed E-state index contributed by atoms with van der Waals surface area (Å²) in [7, 11) is 0. The first kappa shape index (κ1) is 16.1. The van der Waals surface area contributed by atoms with Gasteiger partial charge in [-0.05, 0) is 43.7 Å². The summed E-state index contributed by atoms with van der Waals surface area (Å²) in [4.78, 5) is 15.3. The quantitative estimate of drug-likeness (QED) is 0.884. The molecule has 1 aromatic carbocycles. The minimum atomic E-state index is -0.115. The van der Waals surface area contributed by atoms with Crippen molar-refractivity contribution < 1.29 is 13.9 Å². The van der Waals surface area contributed by atoms with E-state index in [1.165, 1.54) is 25.8 Å². The summed E-state index contributed by atoms with van der Waals surface area (Å²) in [5.41, 5.74) is 0.824. The molecule has 5 heteroatoms. The second kappa shape index (κ2) is 5.82. The van der Waals surface area contributed by atoms with Gasteiger partial charge in [-0.1, -0.05) is 18.2 Å². The number of carbonyl (C=O) groups is 1. The van der Waals surface area contributed by atoms with Crippen LogP contribution in [-0.4, -0.2) is 48.7 Å². The molecule has 0 unspecified atom stereocenters. The van der Waals surface area contributed by atoms with E-state index in [9.17, 15) is 4.79 Å². The van der Waals surface area contributed by atoms with Crippen molar-refractivity contribution in [3.05, 3.63) is 36.1 Å². The van der Waals surface area contributed by atoms with Crippen molar-refractivity contribution in [2.24, 2.45) is 17.8 Å². The number of para-hydroxylation sites is 1. The van der Waals surface area contributed by atoms with Crippen LogP contribution in [0.25, 0.3) is 11.0 Å². The van der Waals surface area contributed by atoms with Gasteiger partial charge in [0.15, 0.2) is 5.76 Å². The summed E-state index contributed by atoms with van der Waals surface area (Å²) in [6.45, 7) is 4.16.